The molecule has 1 aromatic heterocycles. The van der Waals surface area contributed by atoms with Crippen molar-refractivity contribution in [1.29, 1.82) is 0 Å². The Morgan fingerprint density at radius 3 is 2.59 bits per heavy atom. The summed E-state index contributed by atoms with van der Waals surface area (Å²) in [5, 5.41) is 0.571. The van der Waals surface area contributed by atoms with Crippen molar-refractivity contribution in [2.75, 3.05) is 18.1 Å². The number of alkyl halides is 3. The molecule has 1 fully saturated rings. The maximum absolute atomic E-state index is 13.2. The molecule has 2 heterocycles. The zero-order valence-corrected chi connectivity index (χ0v) is 20.7. The van der Waals surface area contributed by atoms with E-state index in [0.717, 1.165) is 41.8 Å². The van der Waals surface area contributed by atoms with E-state index in [-0.39, 0.29) is 30.5 Å². The molecular formula is C28H25ClF3N3O2. The number of carbonyl (C=O) groups is 1. The van der Waals surface area contributed by atoms with Crippen LogP contribution in [0.25, 0.3) is 11.0 Å². The minimum absolute atomic E-state index is 0.190. The molecule has 0 spiro atoms. The first kappa shape index (κ1) is 25.1. The lowest BCUT2D eigenvalue weighted by atomic mass is 10.1. The minimum atomic E-state index is -4.47. The standard InChI is InChI=1S/C28H25ClF3N3O2/c29-22-10-1-4-13-25(22)37-15-6-5-14-34-24-12-3-2-11-23(24)33-27(34)19-16-26(36)35(18-19)21-9-7-8-20(17-21)28(30,31)32/h1-4,7-13,17,19H,5-6,14-16,18H2. The highest BCUT2D eigenvalue weighted by Gasteiger charge is 2.36. The fourth-order valence-corrected chi connectivity index (χ4v) is 4.93. The van der Waals surface area contributed by atoms with E-state index in [1.807, 2.05) is 42.5 Å². The fourth-order valence-electron chi connectivity index (χ4n) is 4.74. The molecule has 5 nitrogen and oxygen atoms in total. The SMILES string of the molecule is O=C1CC(c2nc3ccccc3n2CCCCOc2ccccc2Cl)CN1c1cccc(C(F)(F)F)c1. The van der Waals surface area contributed by atoms with Gasteiger partial charge < -0.3 is 14.2 Å². The van der Waals surface area contributed by atoms with Crippen molar-refractivity contribution in [3.8, 4) is 5.75 Å². The van der Waals surface area contributed by atoms with Crippen molar-refractivity contribution in [3.63, 3.8) is 0 Å². The maximum Gasteiger partial charge on any atom is 0.416 e. The monoisotopic (exact) mass is 527 g/mol. The van der Waals surface area contributed by atoms with Gasteiger partial charge in [0.25, 0.3) is 0 Å². The normalized spacial score (nSPS) is 16.1. The quantitative estimate of drug-likeness (QED) is 0.230. The average molecular weight is 528 g/mol. The van der Waals surface area contributed by atoms with E-state index in [1.165, 1.54) is 17.0 Å². The van der Waals surface area contributed by atoms with Gasteiger partial charge >= 0.3 is 6.18 Å². The summed E-state index contributed by atoms with van der Waals surface area (Å²) in [6, 6.07) is 20.0. The summed E-state index contributed by atoms with van der Waals surface area (Å²) in [4.78, 5) is 19.1. The van der Waals surface area contributed by atoms with Crippen LogP contribution in [0.5, 0.6) is 5.75 Å². The summed E-state index contributed by atoms with van der Waals surface area (Å²) >= 11 is 6.15. The number of fused-ring (bicyclic) bond motifs is 1. The number of para-hydroxylation sites is 3. The van der Waals surface area contributed by atoms with Crippen molar-refractivity contribution >= 4 is 34.2 Å². The number of benzene rings is 3. The molecule has 3 aromatic carbocycles. The van der Waals surface area contributed by atoms with Gasteiger partial charge in [-0.1, -0.05) is 41.9 Å². The Labute approximate surface area is 217 Å². The Bertz CT molecular complexity index is 1420. The third kappa shape index (κ3) is 5.44. The van der Waals surface area contributed by atoms with Gasteiger partial charge in [0.1, 0.15) is 11.6 Å². The molecule has 4 aromatic rings. The molecule has 1 aliphatic heterocycles. The van der Waals surface area contributed by atoms with Crippen molar-refractivity contribution in [3.05, 3.63) is 89.2 Å². The molecule has 1 atom stereocenters. The van der Waals surface area contributed by atoms with Crippen molar-refractivity contribution in [2.45, 2.75) is 37.9 Å². The molecule has 37 heavy (non-hydrogen) atoms. The van der Waals surface area contributed by atoms with Crippen LogP contribution in [0.2, 0.25) is 5.02 Å². The number of carbonyl (C=O) groups excluding carboxylic acids is 1. The average Bonchev–Trinajstić information content (AvgIpc) is 3.45. The van der Waals surface area contributed by atoms with E-state index >= 15 is 0 Å². The number of amides is 1. The van der Waals surface area contributed by atoms with Gasteiger partial charge in [0.2, 0.25) is 5.91 Å². The first-order chi connectivity index (χ1) is 17.8. The second-order valence-corrected chi connectivity index (χ2v) is 9.46. The summed E-state index contributed by atoms with van der Waals surface area (Å²) in [7, 11) is 0. The van der Waals surface area contributed by atoms with Gasteiger partial charge in [-0.05, 0) is 55.3 Å². The number of unbranched alkanes of at least 4 members (excludes halogenated alkanes) is 1. The fraction of sp³-hybridized carbons (Fsp3) is 0.286. The third-order valence-electron chi connectivity index (χ3n) is 6.53. The topological polar surface area (TPSA) is 47.4 Å². The van der Waals surface area contributed by atoms with E-state index in [0.29, 0.717) is 23.9 Å². The number of rotatable bonds is 8. The highest BCUT2D eigenvalue weighted by Crippen LogP contribution is 2.36. The first-order valence-electron chi connectivity index (χ1n) is 12.1. The van der Waals surface area contributed by atoms with Crippen LogP contribution in [0, 0.1) is 0 Å². The van der Waals surface area contributed by atoms with Gasteiger partial charge in [0.15, 0.2) is 0 Å². The zero-order valence-electron chi connectivity index (χ0n) is 19.9. The molecule has 192 valence electrons. The number of halogens is 4. The van der Waals surface area contributed by atoms with Crippen molar-refractivity contribution < 1.29 is 22.7 Å². The molecule has 1 aliphatic rings. The smallest absolute Gasteiger partial charge is 0.416 e. The molecule has 0 N–H and O–H groups in total. The molecular weight excluding hydrogens is 503 g/mol. The molecule has 9 heteroatoms. The van der Waals surface area contributed by atoms with E-state index in [1.54, 1.807) is 6.07 Å². The second-order valence-electron chi connectivity index (χ2n) is 9.05. The van der Waals surface area contributed by atoms with Crippen LogP contribution < -0.4 is 9.64 Å². The van der Waals surface area contributed by atoms with Gasteiger partial charge in [-0.2, -0.15) is 13.2 Å². The predicted molar refractivity (Wildman–Crippen MR) is 137 cm³/mol. The molecule has 1 amide bonds. The van der Waals surface area contributed by atoms with Crippen molar-refractivity contribution in [1.82, 2.24) is 9.55 Å². The molecule has 0 aliphatic carbocycles. The number of aromatic nitrogens is 2. The number of hydrogen-bond donors (Lipinski definition) is 0. The maximum atomic E-state index is 13.2. The number of imidazole rings is 1. The summed E-state index contributed by atoms with van der Waals surface area (Å²) in [6.07, 6.45) is -2.68. The van der Waals surface area contributed by atoms with Gasteiger partial charge in [-0.3, -0.25) is 4.79 Å². The molecule has 1 unspecified atom stereocenters. The number of hydrogen-bond acceptors (Lipinski definition) is 3. The number of ether oxygens (including phenoxy) is 1. The van der Waals surface area contributed by atoms with E-state index in [9.17, 15) is 18.0 Å². The number of anilines is 1. The zero-order chi connectivity index (χ0) is 26.0. The third-order valence-corrected chi connectivity index (χ3v) is 6.84. The van der Waals surface area contributed by atoms with E-state index < -0.39 is 11.7 Å². The van der Waals surface area contributed by atoms with Gasteiger partial charge in [0.05, 0.1) is 28.2 Å². The minimum Gasteiger partial charge on any atom is -0.492 e. The van der Waals surface area contributed by atoms with Gasteiger partial charge in [-0.25, -0.2) is 4.98 Å². The summed E-state index contributed by atoms with van der Waals surface area (Å²) in [5.41, 5.74) is 1.28. The molecule has 0 saturated carbocycles. The van der Waals surface area contributed by atoms with Crippen molar-refractivity contribution in [2.24, 2.45) is 0 Å². The molecule has 0 bridgehead atoms. The van der Waals surface area contributed by atoms with Crippen LogP contribution in [0.3, 0.4) is 0 Å². The predicted octanol–water partition coefficient (Wildman–Crippen LogP) is 7.09. The van der Waals surface area contributed by atoms with Crippen LogP contribution in [-0.2, 0) is 17.5 Å². The molecule has 0 radical (unpaired) electrons. The largest absolute Gasteiger partial charge is 0.492 e. The summed E-state index contributed by atoms with van der Waals surface area (Å²) in [5.74, 6) is 0.984. The number of aryl methyl sites for hydroxylation is 1. The van der Waals surface area contributed by atoms with Crippen LogP contribution in [0.4, 0.5) is 18.9 Å². The Hall–Kier alpha value is -3.52. The van der Waals surface area contributed by atoms with Crippen LogP contribution in [0.1, 0.15) is 36.6 Å². The van der Waals surface area contributed by atoms with Gasteiger partial charge in [0, 0.05) is 31.1 Å². The lowest BCUT2D eigenvalue weighted by Crippen LogP contribution is -2.25. The highest BCUT2D eigenvalue weighted by molar-refractivity contribution is 6.32. The van der Waals surface area contributed by atoms with E-state index in [4.69, 9.17) is 21.3 Å². The lowest BCUT2D eigenvalue weighted by Gasteiger charge is -2.19. The highest BCUT2D eigenvalue weighted by atomic mass is 35.5. The summed E-state index contributed by atoms with van der Waals surface area (Å²) < 4.78 is 47.6. The Kier molecular flexibility index (Phi) is 7.11. The lowest BCUT2D eigenvalue weighted by molar-refractivity contribution is -0.137. The van der Waals surface area contributed by atoms with Crippen LogP contribution >= 0.6 is 11.6 Å². The Balaban J connectivity index is 1.31. The Morgan fingerprint density at radius 2 is 1.78 bits per heavy atom. The number of nitrogens with zero attached hydrogens (tertiary/aromatic N) is 3. The second kappa shape index (κ2) is 10.5. The van der Waals surface area contributed by atoms with Crippen LogP contribution in [-0.4, -0.2) is 28.6 Å². The molecule has 5 rings (SSSR count). The van der Waals surface area contributed by atoms with Crippen LogP contribution in [0.15, 0.2) is 72.8 Å². The Morgan fingerprint density at radius 1 is 1.00 bits per heavy atom. The summed E-state index contributed by atoms with van der Waals surface area (Å²) in [6.45, 7) is 1.46. The van der Waals surface area contributed by atoms with Gasteiger partial charge in [-0.15, -0.1) is 0 Å². The molecule has 1 saturated heterocycles. The first-order valence-corrected chi connectivity index (χ1v) is 12.5. The van der Waals surface area contributed by atoms with E-state index in [2.05, 4.69) is 4.57 Å².